The lowest BCUT2D eigenvalue weighted by molar-refractivity contribution is -0.129. The van der Waals surface area contributed by atoms with E-state index in [0.717, 1.165) is 51.5 Å². The van der Waals surface area contributed by atoms with E-state index in [9.17, 15) is 4.79 Å². The van der Waals surface area contributed by atoms with Crippen LogP contribution in [-0.4, -0.2) is 56.0 Å². The van der Waals surface area contributed by atoms with Gasteiger partial charge in [0.15, 0.2) is 5.96 Å². The first-order chi connectivity index (χ1) is 13.7. The highest BCUT2D eigenvalue weighted by molar-refractivity contribution is 5.81. The summed E-state index contributed by atoms with van der Waals surface area (Å²) in [6.45, 7) is 9.66. The van der Waals surface area contributed by atoms with E-state index in [1.807, 2.05) is 4.90 Å². The van der Waals surface area contributed by atoms with Gasteiger partial charge in [0.25, 0.3) is 0 Å². The number of guanidine groups is 1. The molecule has 6 nitrogen and oxygen atoms in total. The smallest absolute Gasteiger partial charge is 0.224 e. The molecule has 1 aromatic rings. The molecule has 0 saturated carbocycles. The summed E-state index contributed by atoms with van der Waals surface area (Å²) in [6, 6.07) is 8.93. The van der Waals surface area contributed by atoms with Crippen molar-refractivity contribution in [2.75, 3.05) is 44.2 Å². The Kier molecular flexibility index (Phi) is 7.57. The van der Waals surface area contributed by atoms with E-state index in [1.165, 1.54) is 24.1 Å². The Morgan fingerprint density at radius 2 is 1.86 bits per heavy atom. The fraction of sp³-hybridized carbons (Fsp3) is 0.636. The Morgan fingerprint density at radius 1 is 1.14 bits per heavy atom. The van der Waals surface area contributed by atoms with Crippen LogP contribution in [0.4, 0.5) is 5.69 Å². The lowest BCUT2D eigenvalue weighted by Gasteiger charge is -2.22. The zero-order chi connectivity index (χ0) is 19.8. The largest absolute Gasteiger partial charge is 0.372 e. The van der Waals surface area contributed by atoms with Gasteiger partial charge in [0.2, 0.25) is 5.91 Å². The molecule has 1 unspecified atom stereocenters. The summed E-state index contributed by atoms with van der Waals surface area (Å²) >= 11 is 0. The number of hydrogen-bond acceptors (Lipinski definition) is 3. The third kappa shape index (κ3) is 5.63. The van der Waals surface area contributed by atoms with Crippen molar-refractivity contribution >= 4 is 17.6 Å². The van der Waals surface area contributed by atoms with E-state index in [4.69, 9.17) is 0 Å². The molecule has 2 fully saturated rings. The van der Waals surface area contributed by atoms with Crippen molar-refractivity contribution in [2.24, 2.45) is 4.99 Å². The molecular formula is C22H35N5O. The van der Waals surface area contributed by atoms with E-state index in [2.05, 4.69) is 58.6 Å². The Bertz CT molecular complexity index is 663. The van der Waals surface area contributed by atoms with Gasteiger partial charge in [-0.15, -0.1) is 0 Å². The number of carbonyl (C=O) groups excluding carboxylic acids is 1. The molecule has 2 N–H and O–H groups in total. The van der Waals surface area contributed by atoms with Crippen molar-refractivity contribution < 1.29 is 4.79 Å². The minimum absolute atomic E-state index is 0.148. The van der Waals surface area contributed by atoms with Gasteiger partial charge in [0.05, 0.1) is 12.6 Å². The molecule has 0 radical (unpaired) electrons. The van der Waals surface area contributed by atoms with Crippen LogP contribution in [-0.2, 0) is 4.79 Å². The fourth-order valence-corrected chi connectivity index (χ4v) is 3.96. The molecule has 28 heavy (non-hydrogen) atoms. The molecule has 0 spiro atoms. The van der Waals surface area contributed by atoms with Crippen LogP contribution < -0.4 is 15.5 Å². The lowest BCUT2D eigenvalue weighted by Crippen LogP contribution is -2.39. The van der Waals surface area contributed by atoms with E-state index in [-0.39, 0.29) is 11.9 Å². The highest BCUT2D eigenvalue weighted by Crippen LogP contribution is 2.23. The number of rotatable bonds is 7. The van der Waals surface area contributed by atoms with E-state index in [1.54, 1.807) is 0 Å². The summed E-state index contributed by atoms with van der Waals surface area (Å²) in [7, 11) is 0. The number of aliphatic imine (C=N–C) groups is 1. The van der Waals surface area contributed by atoms with Crippen molar-refractivity contribution in [1.29, 1.82) is 0 Å². The SMILES string of the molecule is CCNC(=NCCC(=O)N1CCCC1)NC(C)c1cccc(N2CCCC2)c1. The molecule has 0 aromatic heterocycles. The lowest BCUT2D eigenvalue weighted by atomic mass is 10.1. The molecule has 154 valence electrons. The molecule has 2 aliphatic heterocycles. The third-order valence-corrected chi connectivity index (χ3v) is 5.59. The quantitative estimate of drug-likeness (QED) is 0.560. The summed E-state index contributed by atoms with van der Waals surface area (Å²) in [5.74, 6) is 0.999. The van der Waals surface area contributed by atoms with Crippen LogP contribution in [0, 0.1) is 0 Å². The Morgan fingerprint density at radius 3 is 2.57 bits per heavy atom. The van der Waals surface area contributed by atoms with Crippen LogP contribution >= 0.6 is 0 Å². The number of benzene rings is 1. The van der Waals surface area contributed by atoms with Gasteiger partial charge in [-0.05, 0) is 57.2 Å². The molecule has 1 aromatic carbocycles. The monoisotopic (exact) mass is 385 g/mol. The molecule has 1 atom stereocenters. The first-order valence-corrected chi connectivity index (χ1v) is 10.8. The summed E-state index contributed by atoms with van der Waals surface area (Å²) in [4.78, 5) is 21.2. The topological polar surface area (TPSA) is 60.0 Å². The van der Waals surface area contributed by atoms with Gasteiger partial charge >= 0.3 is 0 Å². The van der Waals surface area contributed by atoms with Crippen LogP contribution in [0.25, 0.3) is 0 Å². The zero-order valence-electron chi connectivity index (χ0n) is 17.4. The van der Waals surface area contributed by atoms with Crippen LogP contribution in [0.5, 0.6) is 0 Å². The molecule has 0 bridgehead atoms. The first-order valence-electron chi connectivity index (χ1n) is 10.8. The predicted molar refractivity (Wildman–Crippen MR) is 116 cm³/mol. The minimum atomic E-state index is 0.148. The van der Waals surface area contributed by atoms with E-state index >= 15 is 0 Å². The number of anilines is 1. The molecule has 6 heteroatoms. The maximum absolute atomic E-state index is 12.2. The average Bonchev–Trinajstić information content (AvgIpc) is 3.42. The highest BCUT2D eigenvalue weighted by Gasteiger charge is 2.17. The van der Waals surface area contributed by atoms with E-state index in [0.29, 0.717) is 13.0 Å². The highest BCUT2D eigenvalue weighted by atomic mass is 16.2. The van der Waals surface area contributed by atoms with Crippen molar-refractivity contribution in [3.8, 4) is 0 Å². The molecule has 2 saturated heterocycles. The Balaban J connectivity index is 1.56. The van der Waals surface area contributed by atoms with Crippen LogP contribution in [0.15, 0.2) is 29.3 Å². The normalized spacial score (nSPS) is 18.4. The number of carbonyl (C=O) groups is 1. The van der Waals surface area contributed by atoms with Gasteiger partial charge < -0.3 is 20.4 Å². The summed E-state index contributed by atoms with van der Waals surface area (Å²) < 4.78 is 0. The van der Waals surface area contributed by atoms with Crippen molar-refractivity contribution in [3.05, 3.63) is 29.8 Å². The maximum Gasteiger partial charge on any atom is 0.224 e. The van der Waals surface area contributed by atoms with Crippen LogP contribution in [0.2, 0.25) is 0 Å². The predicted octanol–water partition coefficient (Wildman–Crippen LogP) is 2.92. The number of nitrogens with zero attached hydrogens (tertiary/aromatic N) is 3. The average molecular weight is 386 g/mol. The zero-order valence-corrected chi connectivity index (χ0v) is 17.4. The Hall–Kier alpha value is -2.24. The Labute approximate surface area is 169 Å². The van der Waals surface area contributed by atoms with Crippen molar-refractivity contribution in [2.45, 2.75) is 52.0 Å². The van der Waals surface area contributed by atoms with Gasteiger partial charge in [-0.3, -0.25) is 9.79 Å². The van der Waals surface area contributed by atoms with Gasteiger partial charge in [-0.1, -0.05) is 12.1 Å². The maximum atomic E-state index is 12.2. The number of likely N-dealkylation sites (tertiary alicyclic amines) is 1. The van der Waals surface area contributed by atoms with Gasteiger partial charge in [0, 0.05) is 44.8 Å². The van der Waals surface area contributed by atoms with Gasteiger partial charge in [-0.25, -0.2) is 0 Å². The second-order valence-corrected chi connectivity index (χ2v) is 7.75. The standard InChI is InChI=1S/C22H35N5O/c1-3-23-22(24-12-11-21(28)27-15-6-7-16-27)25-18(2)19-9-8-10-20(17-19)26-13-4-5-14-26/h8-10,17-18H,3-7,11-16H2,1-2H3,(H2,23,24,25). The van der Waals surface area contributed by atoms with Crippen molar-refractivity contribution in [1.82, 2.24) is 15.5 Å². The molecule has 2 aliphatic rings. The second-order valence-electron chi connectivity index (χ2n) is 7.75. The fourth-order valence-electron chi connectivity index (χ4n) is 3.96. The van der Waals surface area contributed by atoms with Crippen LogP contribution in [0.1, 0.15) is 57.6 Å². The second kappa shape index (κ2) is 10.3. The summed E-state index contributed by atoms with van der Waals surface area (Å²) in [6.07, 6.45) is 5.31. The van der Waals surface area contributed by atoms with Crippen LogP contribution in [0.3, 0.4) is 0 Å². The number of amides is 1. The summed E-state index contributed by atoms with van der Waals surface area (Å²) in [5.41, 5.74) is 2.56. The first kappa shape index (κ1) is 20.5. The molecule has 2 heterocycles. The summed E-state index contributed by atoms with van der Waals surface area (Å²) in [5, 5.41) is 6.79. The molecule has 0 aliphatic carbocycles. The molecule has 3 rings (SSSR count). The minimum Gasteiger partial charge on any atom is -0.372 e. The van der Waals surface area contributed by atoms with Gasteiger partial charge in [-0.2, -0.15) is 0 Å². The third-order valence-electron chi connectivity index (χ3n) is 5.59. The molecule has 1 amide bonds. The molecular weight excluding hydrogens is 350 g/mol. The van der Waals surface area contributed by atoms with Gasteiger partial charge in [0.1, 0.15) is 0 Å². The number of nitrogens with one attached hydrogen (secondary N) is 2. The number of hydrogen-bond donors (Lipinski definition) is 2. The van der Waals surface area contributed by atoms with Crippen molar-refractivity contribution in [3.63, 3.8) is 0 Å². The van der Waals surface area contributed by atoms with E-state index < -0.39 is 0 Å².